The van der Waals surface area contributed by atoms with E-state index in [1.54, 1.807) is 0 Å². The maximum Gasteiger partial charge on any atom is 0.139 e. The molecule has 1 fully saturated rings. The molecule has 4 heteroatoms. The molecular weight excluding hydrogens is 411 g/mol. The molecular formula is C24H30BBrO2. The van der Waals surface area contributed by atoms with Crippen molar-refractivity contribution in [2.45, 2.75) is 45.4 Å². The van der Waals surface area contributed by atoms with Crippen LogP contribution < -0.4 is 14.9 Å². The summed E-state index contributed by atoms with van der Waals surface area (Å²) in [6.07, 6.45) is 8.07. The normalized spacial score (nSPS) is 24.6. The lowest BCUT2D eigenvalue weighted by Crippen LogP contribution is -2.30. The SMILES string of the molecule is Bc1ccc2c(c1)-c1cc(Br)ccc1OCC([C@H]1CC[C@H](CCC)CC1)CO2. The molecule has 1 aliphatic carbocycles. The number of hydrogen-bond donors (Lipinski definition) is 0. The van der Waals surface area contributed by atoms with Gasteiger partial charge < -0.3 is 9.47 Å². The van der Waals surface area contributed by atoms with Gasteiger partial charge in [-0.1, -0.05) is 66.1 Å². The highest BCUT2D eigenvalue weighted by Gasteiger charge is 2.30. The van der Waals surface area contributed by atoms with Crippen LogP contribution in [0.4, 0.5) is 0 Å². The zero-order chi connectivity index (χ0) is 19.5. The Morgan fingerprint density at radius 2 is 1.54 bits per heavy atom. The van der Waals surface area contributed by atoms with Crippen LogP contribution in [0.3, 0.4) is 0 Å². The van der Waals surface area contributed by atoms with Crippen molar-refractivity contribution in [2.75, 3.05) is 13.2 Å². The van der Waals surface area contributed by atoms with Crippen molar-refractivity contribution in [3.05, 3.63) is 40.9 Å². The average Bonchev–Trinajstić information content (AvgIpc) is 2.77. The van der Waals surface area contributed by atoms with E-state index in [0.29, 0.717) is 11.8 Å². The van der Waals surface area contributed by atoms with Crippen molar-refractivity contribution in [3.8, 4) is 22.6 Å². The number of hydrogen-bond acceptors (Lipinski definition) is 2. The Hall–Kier alpha value is -1.42. The van der Waals surface area contributed by atoms with E-state index < -0.39 is 0 Å². The molecule has 1 aliphatic heterocycles. The Morgan fingerprint density at radius 3 is 2.21 bits per heavy atom. The molecule has 1 saturated carbocycles. The van der Waals surface area contributed by atoms with Gasteiger partial charge in [-0.2, -0.15) is 0 Å². The fraction of sp³-hybridized carbons (Fsp3) is 0.500. The summed E-state index contributed by atoms with van der Waals surface area (Å²) in [4.78, 5) is 0. The summed E-state index contributed by atoms with van der Waals surface area (Å²) in [6.45, 7) is 3.79. The molecule has 0 radical (unpaired) electrons. The van der Waals surface area contributed by atoms with E-state index in [9.17, 15) is 0 Å². The maximum atomic E-state index is 6.41. The van der Waals surface area contributed by atoms with Crippen molar-refractivity contribution in [1.29, 1.82) is 0 Å². The second kappa shape index (κ2) is 8.94. The van der Waals surface area contributed by atoms with Gasteiger partial charge in [0.15, 0.2) is 0 Å². The molecule has 0 bridgehead atoms. The van der Waals surface area contributed by atoms with Crippen LogP contribution in [0.2, 0.25) is 0 Å². The van der Waals surface area contributed by atoms with Gasteiger partial charge in [-0.15, -0.1) is 0 Å². The van der Waals surface area contributed by atoms with Crippen LogP contribution in [-0.4, -0.2) is 21.1 Å². The highest BCUT2D eigenvalue weighted by molar-refractivity contribution is 9.10. The summed E-state index contributed by atoms with van der Waals surface area (Å²) in [5.74, 6) is 4.02. The third-order valence-electron chi connectivity index (χ3n) is 6.53. The predicted octanol–water partition coefficient (Wildman–Crippen LogP) is 5.37. The van der Waals surface area contributed by atoms with Crippen molar-refractivity contribution in [1.82, 2.24) is 0 Å². The van der Waals surface area contributed by atoms with Gasteiger partial charge in [0.2, 0.25) is 0 Å². The molecule has 0 amide bonds. The van der Waals surface area contributed by atoms with Crippen molar-refractivity contribution in [2.24, 2.45) is 17.8 Å². The van der Waals surface area contributed by atoms with Gasteiger partial charge in [-0.25, -0.2) is 0 Å². The molecule has 2 aromatic carbocycles. The second-order valence-corrected chi connectivity index (χ2v) is 9.51. The summed E-state index contributed by atoms with van der Waals surface area (Å²) in [6, 6.07) is 12.8. The minimum absolute atomic E-state index is 0.450. The van der Waals surface area contributed by atoms with Gasteiger partial charge in [-0.05, 0) is 48.9 Å². The van der Waals surface area contributed by atoms with E-state index in [-0.39, 0.29) is 0 Å². The van der Waals surface area contributed by atoms with Gasteiger partial charge in [0.1, 0.15) is 19.3 Å². The van der Waals surface area contributed by atoms with Crippen molar-refractivity contribution in [3.63, 3.8) is 0 Å². The van der Waals surface area contributed by atoms with Gasteiger partial charge in [-0.3, -0.25) is 0 Å². The standard InChI is InChI=1S/C24H30BBrO2/c1-2-3-16-4-6-17(7-5-16)18-14-27-23-10-8-19(25)12-21(23)22-13-20(26)9-11-24(22)28-15-18/h8-13,16-18H,2-7,14-15,25H2,1H3/t16-,17-,18?. The topological polar surface area (TPSA) is 18.5 Å². The van der Waals surface area contributed by atoms with Crippen LogP contribution in [0.15, 0.2) is 40.9 Å². The lowest BCUT2D eigenvalue weighted by molar-refractivity contribution is 0.0982. The minimum atomic E-state index is 0.450. The van der Waals surface area contributed by atoms with Gasteiger partial charge in [0.05, 0.1) is 13.2 Å². The fourth-order valence-electron chi connectivity index (χ4n) is 4.89. The third kappa shape index (κ3) is 4.43. The number of benzene rings is 2. The summed E-state index contributed by atoms with van der Waals surface area (Å²) >= 11 is 3.62. The van der Waals surface area contributed by atoms with Gasteiger partial charge in [0.25, 0.3) is 0 Å². The molecule has 2 aromatic rings. The zero-order valence-corrected chi connectivity index (χ0v) is 18.6. The van der Waals surface area contributed by atoms with Crippen LogP contribution in [-0.2, 0) is 0 Å². The van der Waals surface area contributed by atoms with Gasteiger partial charge in [0, 0.05) is 21.5 Å². The Kier molecular flexibility index (Phi) is 6.35. The average molecular weight is 441 g/mol. The minimum Gasteiger partial charge on any atom is -0.493 e. The predicted molar refractivity (Wildman–Crippen MR) is 123 cm³/mol. The zero-order valence-electron chi connectivity index (χ0n) is 17.0. The molecule has 148 valence electrons. The summed E-state index contributed by atoms with van der Waals surface area (Å²) in [7, 11) is 2.13. The van der Waals surface area contributed by atoms with E-state index in [0.717, 1.165) is 46.2 Å². The Morgan fingerprint density at radius 1 is 0.893 bits per heavy atom. The molecule has 0 N–H and O–H groups in total. The first kappa shape index (κ1) is 19.9. The number of ether oxygens (including phenoxy) is 2. The van der Waals surface area contributed by atoms with E-state index in [2.05, 4.69) is 67.1 Å². The van der Waals surface area contributed by atoms with E-state index >= 15 is 0 Å². The van der Waals surface area contributed by atoms with E-state index in [1.807, 2.05) is 0 Å². The third-order valence-corrected chi connectivity index (χ3v) is 7.02. The lowest BCUT2D eigenvalue weighted by atomic mass is 9.75. The Bertz CT molecular complexity index is 759. The quantitative estimate of drug-likeness (QED) is 0.597. The second-order valence-electron chi connectivity index (χ2n) is 8.59. The summed E-state index contributed by atoms with van der Waals surface area (Å²) < 4.78 is 13.9. The molecule has 1 heterocycles. The Balaban J connectivity index is 1.59. The first-order chi connectivity index (χ1) is 13.6. The first-order valence-electron chi connectivity index (χ1n) is 10.8. The number of rotatable bonds is 3. The smallest absolute Gasteiger partial charge is 0.139 e. The van der Waals surface area contributed by atoms with Gasteiger partial charge >= 0.3 is 0 Å². The number of fused-ring (bicyclic) bond motifs is 3. The van der Waals surface area contributed by atoms with E-state index in [1.165, 1.54) is 44.0 Å². The van der Waals surface area contributed by atoms with Crippen LogP contribution in [0, 0.1) is 17.8 Å². The molecule has 4 rings (SSSR count). The highest BCUT2D eigenvalue weighted by atomic mass is 79.9. The maximum absolute atomic E-state index is 6.41. The molecule has 0 spiro atoms. The van der Waals surface area contributed by atoms with Crippen molar-refractivity contribution < 1.29 is 9.47 Å². The van der Waals surface area contributed by atoms with E-state index in [4.69, 9.17) is 9.47 Å². The molecule has 0 aromatic heterocycles. The molecule has 1 unspecified atom stereocenters. The van der Waals surface area contributed by atoms with Crippen LogP contribution in [0.5, 0.6) is 11.5 Å². The summed E-state index contributed by atoms with van der Waals surface area (Å²) in [5.41, 5.74) is 3.47. The van der Waals surface area contributed by atoms with Crippen LogP contribution in [0.1, 0.15) is 45.4 Å². The number of halogens is 1. The summed E-state index contributed by atoms with van der Waals surface area (Å²) in [5, 5.41) is 0. The molecule has 0 saturated heterocycles. The largest absolute Gasteiger partial charge is 0.493 e. The molecule has 2 nitrogen and oxygen atoms in total. The monoisotopic (exact) mass is 440 g/mol. The Labute approximate surface area is 178 Å². The van der Waals surface area contributed by atoms with Crippen LogP contribution >= 0.6 is 15.9 Å². The fourth-order valence-corrected chi connectivity index (χ4v) is 5.25. The molecule has 1 atom stereocenters. The lowest BCUT2D eigenvalue weighted by Gasteiger charge is -2.33. The molecule has 28 heavy (non-hydrogen) atoms. The molecule has 2 aliphatic rings. The first-order valence-corrected chi connectivity index (χ1v) is 11.6. The van der Waals surface area contributed by atoms with Crippen molar-refractivity contribution >= 4 is 29.2 Å². The highest BCUT2D eigenvalue weighted by Crippen LogP contribution is 2.41. The van der Waals surface area contributed by atoms with Crippen LogP contribution in [0.25, 0.3) is 11.1 Å².